The van der Waals surface area contributed by atoms with Gasteiger partial charge in [0.1, 0.15) is 5.82 Å². The molecule has 0 radical (unpaired) electrons. The third-order valence-electron chi connectivity index (χ3n) is 3.47. The highest BCUT2D eigenvalue weighted by Crippen LogP contribution is 2.17. The van der Waals surface area contributed by atoms with Crippen LogP contribution in [0.15, 0.2) is 18.2 Å². The first kappa shape index (κ1) is 14.0. The number of imidazole rings is 1. The summed E-state index contributed by atoms with van der Waals surface area (Å²) in [7, 11) is 4.10. The summed E-state index contributed by atoms with van der Waals surface area (Å²) in [6.45, 7) is 4.20. The zero-order chi connectivity index (χ0) is 14.0. The van der Waals surface area contributed by atoms with E-state index in [2.05, 4.69) is 39.7 Å². The van der Waals surface area contributed by atoms with Crippen molar-refractivity contribution in [2.24, 2.45) is 18.5 Å². The van der Waals surface area contributed by atoms with Crippen LogP contribution in [0.5, 0.6) is 0 Å². The van der Waals surface area contributed by atoms with E-state index >= 15 is 0 Å². The Morgan fingerprint density at radius 2 is 2.16 bits per heavy atom. The lowest BCUT2D eigenvalue weighted by molar-refractivity contribution is 0.305. The van der Waals surface area contributed by atoms with Gasteiger partial charge in [0, 0.05) is 32.7 Å². The van der Waals surface area contributed by atoms with E-state index in [0.29, 0.717) is 6.54 Å². The van der Waals surface area contributed by atoms with Crippen molar-refractivity contribution in [1.29, 1.82) is 0 Å². The molecule has 0 amide bonds. The van der Waals surface area contributed by atoms with E-state index in [0.717, 1.165) is 24.4 Å². The van der Waals surface area contributed by atoms with Gasteiger partial charge in [0.25, 0.3) is 0 Å². The van der Waals surface area contributed by atoms with E-state index in [4.69, 9.17) is 11.5 Å². The molecule has 5 heteroatoms. The Morgan fingerprint density at radius 3 is 2.84 bits per heavy atom. The average molecular weight is 261 g/mol. The van der Waals surface area contributed by atoms with Crippen LogP contribution in [0.3, 0.4) is 0 Å². The van der Waals surface area contributed by atoms with E-state index in [-0.39, 0.29) is 6.04 Å². The Bertz CT molecular complexity index is 560. The summed E-state index contributed by atoms with van der Waals surface area (Å²) in [4.78, 5) is 6.75. The van der Waals surface area contributed by atoms with Crippen LogP contribution in [0, 0.1) is 6.92 Å². The van der Waals surface area contributed by atoms with Gasteiger partial charge in [0.05, 0.1) is 11.0 Å². The molecule has 1 aromatic carbocycles. The number of aromatic nitrogens is 2. The lowest BCUT2D eigenvalue weighted by Crippen LogP contribution is -2.40. The number of hydrogen-bond acceptors (Lipinski definition) is 4. The van der Waals surface area contributed by atoms with Gasteiger partial charge in [-0.15, -0.1) is 0 Å². The Kier molecular flexibility index (Phi) is 4.19. The standard InChI is InChI=1S/C14H23N5/c1-10-17-13-6-11(4-5-14(13)19(10)3)8-18(2)9-12(16)7-15/h4-6,12H,7-9,15-16H2,1-3H3. The molecule has 0 aliphatic rings. The molecule has 2 rings (SSSR count). The normalized spacial score (nSPS) is 13.4. The first-order valence-electron chi connectivity index (χ1n) is 6.57. The summed E-state index contributed by atoms with van der Waals surface area (Å²) in [5, 5.41) is 0. The van der Waals surface area contributed by atoms with Gasteiger partial charge >= 0.3 is 0 Å². The molecular formula is C14H23N5. The lowest BCUT2D eigenvalue weighted by atomic mass is 10.2. The third kappa shape index (κ3) is 3.12. The summed E-state index contributed by atoms with van der Waals surface area (Å²) in [6.07, 6.45) is 0. The quantitative estimate of drug-likeness (QED) is 0.826. The van der Waals surface area contributed by atoms with E-state index in [9.17, 15) is 0 Å². The minimum absolute atomic E-state index is 0.0332. The van der Waals surface area contributed by atoms with Gasteiger partial charge in [-0.1, -0.05) is 6.07 Å². The molecule has 0 spiro atoms. The van der Waals surface area contributed by atoms with Crippen LogP contribution in [0.1, 0.15) is 11.4 Å². The predicted octanol–water partition coefficient (Wildman–Crippen LogP) is 0.600. The third-order valence-corrected chi connectivity index (χ3v) is 3.47. The zero-order valence-corrected chi connectivity index (χ0v) is 11.9. The molecule has 2 aromatic rings. The molecule has 0 aliphatic heterocycles. The van der Waals surface area contributed by atoms with Crippen molar-refractivity contribution in [3.8, 4) is 0 Å². The lowest BCUT2D eigenvalue weighted by Gasteiger charge is -2.20. The Balaban J connectivity index is 2.13. The van der Waals surface area contributed by atoms with Crippen molar-refractivity contribution in [1.82, 2.24) is 14.5 Å². The fourth-order valence-corrected chi connectivity index (χ4v) is 2.32. The fraction of sp³-hybridized carbons (Fsp3) is 0.500. The van der Waals surface area contributed by atoms with Crippen LogP contribution >= 0.6 is 0 Å². The number of benzene rings is 1. The summed E-state index contributed by atoms with van der Waals surface area (Å²) in [5.41, 5.74) is 14.9. The average Bonchev–Trinajstić information content (AvgIpc) is 2.64. The van der Waals surface area contributed by atoms with Gasteiger partial charge in [0.2, 0.25) is 0 Å². The molecule has 104 valence electrons. The van der Waals surface area contributed by atoms with Gasteiger partial charge in [0.15, 0.2) is 0 Å². The van der Waals surface area contributed by atoms with E-state index < -0.39 is 0 Å². The molecule has 0 saturated heterocycles. The molecule has 0 fully saturated rings. The topological polar surface area (TPSA) is 73.1 Å². The zero-order valence-electron chi connectivity index (χ0n) is 11.9. The van der Waals surface area contributed by atoms with E-state index in [1.165, 1.54) is 11.1 Å². The Labute approximate surface area is 114 Å². The van der Waals surface area contributed by atoms with Crippen molar-refractivity contribution < 1.29 is 0 Å². The maximum absolute atomic E-state index is 5.86. The van der Waals surface area contributed by atoms with Crippen molar-refractivity contribution in [2.75, 3.05) is 20.1 Å². The van der Waals surface area contributed by atoms with E-state index in [1.807, 2.05) is 14.0 Å². The second-order valence-corrected chi connectivity index (χ2v) is 5.23. The fourth-order valence-electron chi connectivity index (χ4n) is 2.32. The minimum atomic E-state index is 0.0332. The number of hydrogen-bond donors (Lipinski definition) is 2. The van der Waals surface area contributed by atoms with Gasteiger partial charge in [-0.05, 0) is 31.7 Å². The monoisotopic (exact) mass is 261 g/mol. The van der Waals surface area contributed by atoms with Crippen LogP contribution in [0.4, 0.5) is 0 Å². The highest BCUT2D eigenvalue weighted by molar-refractivity contribution is 5.76. The second-order valence-electron chi connectivity index (χ2n) is 5.23. The molecule has 5 nitrogen and oxygen atoms in total. The van der Waals surface area contributed by atoms with Crippen molar-refractivity contribution in [3.05, 3.63) is 29.6 Å². The maximum atomic E-state index is 5.86. The van der Waals surface area contributed by atoms with Gasteiger partial charge in [-0.3, -0.25) is 0 Å². The smallest absolute Gasteiger partial charge is 0.106 e. The van der Waals surface area contributed by atoms with Crippen molar-refractivity contribution in [2.45, 2.75) is 19.5 Å². The number of likely N-dealkylation sites (N-methyl/N-ethyl adjacent to an activating group) is 1. The first-order valence-corrected chi connectivity index (χ1v) is 6.57. The number of rotatable bonds is 5. The van der Waals surface area contributed by atoms with Crippen molar-refractivity contribution >= 4 is 11.0 Å². The highest BCUT2D eigenvalue weighted by atomic mass is 15.1. The summed E-state index contributed by atoms with van der Waals surface area (Å²) >= 11 is 0. The van der Waals surface area contributed by atoms with Crippen LogP contribution in [0.25, 0.3) is 11.0 Å². The van der Waals surface area contributed by atoms with Gasteiger partial charge < -0.3 is 20.9 Å². The molecule has 19 heavy (non-hydrogen) atoms. The maximum Gasteiger partial charge on any atom is 0.106 e. The molecule has 1 atom stereocenters. The number of nitrogens with zero attached hydrogens (tertiary/aromatic N) is 3. The Morgan fingerprint density at radius 1 is 1.42 bits per heavy atom. The van der Waals surface area contributed by atoms with Crippen LogP contribution in [0.2, 0.25) is 0 Å². The largest absolute Gasteiger partial charge is 0.331 e. The van der Waals surface area contributed by atoms with Gasteiger partial charge in [-0.25, -0.2) is 4.98 Å². The van der Waals surface area contributed by atoms with Crippen LogP contribution in [-0.2, 0) is 13.6 Å². The molecule has 0 saturated carbocycles. The molecule has 1 unspecified atom stereocenters. The first-order chi connectivity index (χ1) is 9.01. The molecular weight excluding hydrogens is 238 g/mol. The summed E-state index contributed by atoms with van der Waals surface area (Å²) in [6, 6.07) is 6.45. The summed E-state index contributed by atoms with van der Waals surface area (Å²) in [5.74, 6) is 1.03. The van der Waals surface area contributed by atoms with Gasteiger partial charge in [-0.2, -0.15) is 0 Å². The highest BCUT2D eigenvalue weighted by Gasteiger charge is 2.08. The van der Waals surface area contributed by atoms with Crippen molar-refractivity contribution in [3.63, 3.8) is 0 Å². The minimum Gasteiger partial charge on any atom is -0.331 e. The SMILES string of the molecule is Cc1nc2cc(CN(C)CC(N)CN)ccc2n1C. The number of nitrogens with two attached hydrogens (primary N) is 2. The van der Waals surface area contributed by atoms with E-state index in [1.54, 1.807) is 0 Å². The van der Waals surface area contributed by atoms with Crippen LogP contribution in [-0.4, -0.2) is 40.6 Å². The summed E-state index contributed by atoms with van der Waals surface area (Å²) < 4.78 is 2.10. The number of fused-ring (bicyclic) bond motifs is 1. The predicted molar refractivity (Wildman–Crippen MR) is 78.8 cm³/mol. The molecule has 4 N–H and O–H groups in total. The molecule has 1 heterocycles. The molecule has 1 aromatic heterocycles. The molecule has 0 aliphatic carbocycles. The van der Waals surface area contributed by atoms with Crippen LogP contribution < -0.4 is 11.5 Å². The second kappa shape index (κ2) is 5.69. The number of aryl methyl sites for hydroxylation is 2. The Hall–Kier alpha value is -1.43. The molecule has 0 bridgehead atoms.